The molecule has 0 saturated heterocycles. The lowest BCUT2D eigenvalue weighted by molar-refractivity contribution is 0.201. The zero-order valence-corrected chi connectivity index (χ0v) is 9.07. The third-order valence-corrected chi connectivity index (χ3v) is 2.55. The second-order valence-electron chi connectivity index (χ2n) is 3.96. The average molecular weight is 207 g/mol. The first kappa shape index (κ1) is 10.4. The number of nitrogens with zero attached hydrogens (tertiary/aromatic N) is 2. The molecule has 0 aromatic carbocycles. The molecular weight excluding hydrogens is 190 g/mol. The van der Waals surface area contributed by atoms with Crippen LogP contribution in [0.3, 0.4) is 0 Å². The van der Waals surface area contributed by atoms with Crippen molar-refractivity contribution in [3.63, 3.8) is 0 Å². The Balaban J connectivity index is 1.85. The molecule has 1 saturated carbocycles. The largest absolute Gasteiger partial charge is 0.384 e. The van der Waals surface area contributed by atoms with Gasteiger partial charge in [0.2, 0.25) is 0 Å². The summed E-state index contributed by atoms with van der Waals surface area (Å²) in [5.74, 6) is 1.80. The molecule has 1 aliphatic carbocycles. The Morgan fingerprint density at radius 3 is 3.07 bits per heavy atom. The molecule has 0 unspecified atom stereocenters. The predicted octanol–water partition coefficient (Wildman–Crippen LogP) is 1.49. The summed E-state index contributed by atoms with van der Waals surface area (Å²) in [6.07, 6.45) is 5.17. The highest BCUT2D eigenvalue weighted by atomic mass is 16.5. The molecule has 1 aliphatic rings. The molecule has 0 bridgehead atoms. The molecule has 0 amide bonds. The average Bonchev–Trinajstić information content (AvgIpc) is 3.08. The molecule has 15 heavy (non-hydrogen) atoms. The second kappa shape index (κ2) is 5.07. The van der Waals surface area contributed by atoms with Gasteiger partial charge in [-0.05, 0) is 18.8 Å². The van der Waals surface area contributed by atoms with Crippen molar-refractivity contribution in [2.75, 3.05) is 25.6 Å². The molecule has 1 N–H and O–H groups in total. The Morgan fingerprint density at radius 2 is 2.33 bits per heavy atom. The smallest absolute Gasteiger partial charge is 0.129 e. The zero-order valence-electron chi connectivity index (χ0n) is 9.07. The molecule has 1 heterocycles. The van der Waals surface area contributed by atoms with Gasteiger partial charge in [-0.1, -0.05) is 0 Å². The minimum absolute atomic E-state index is 0.707. The summed E-state index contributed by atoms with van der Waals surface area (Å²) in [6.45, 7) is 1.75. The van der Waals surface area contributed by atoms with Crippen LogP contribution in [0.1, 0.15) is 18.5 Å². The number of anilines is 1. The summed E-state index contributed by atoms with van der Waals surface area (Å²) >= 11 is 0. The van der Waals surface area contributed by atoms with Crippen molar-refractivity contribution >= 4 is 5.82 Å². The first-order chi connectivity index (χ1) is 7.38. The van der Waals surface area contributed by atoms with Gasteiger partial charge < -0.3 is 10.1 Å². The SMILES string of the molecule is COCCc1cc(NCC2CC2)ncn1. The Labute approximate surface area is 90.1 Å². The van der Waals surface area contributed by atoms with Gasteiger partial charge in [0.05, 0.1) is 6.61 Å². The predicted molar refractivity (Wildman–Crippen MR) is 58.8 cm³/mol. The number of methoxy groups -OCH3 is 1. The number of aromatic nitrogens is 2. The number of hydrogen-bond donors (Lipinski definition) is 1. The number of hydrogen-bond acceptors (Lipinski definition) is 4. The van der Waals surface area contributed by atoms with Gasteiger partial charge in [-0.15, -0.1) is 0 Å². The minimum atomic E-state index is 0.707. The van der Waals surface area contributed by atoms with Gasteiger partial charge in [0, 0.05) is 31.8 Å². The summed E-state index contributed by atoms with van der Waals surface area (Å²) < 4.78 is 5.01. The highest BCUT2D eigenvalue weighted by Crippen LogP contribution is 2.28. The molecular formula is C11H17N3O. The van der Waals surface area contributed by atoms with Gasteiger partial charge in [0.1, 0.15) is 12.1 Å². The van der Waals surface area contributed by atoms with E-state index in [1.165, 1.54) is 12.8 Å². The number of nitrogens with one attached hydrogen (secondary N) is 1. The molecule has 0 aliphatic heterocycles. The Bertz CT molecular complexity index is 312. The standard InChI is InChI=1S/C11H17N3O/c1-15-5-4-10-6-11(14-8-13-10)12-7-9-2-3-9/h6,8-9H,2-5,7H2,1H3,(H,12,13,14). The molecule has 1 fully saturated rings. The van der Waals surface area contributed by atoms with Gasteiger partial charge in [0.25, 0.3) is 0 Å². The lowest BCUT2D eigenvalue weighted by Crippen LogP contribution is -2.06. The highest BCUT2D eigenvalue weighted by molar-refractivity contribution is 5.35. The van der Waals surface area contributed by atoms with E-state index in [-0.39, 0.29) is 0 Å². The third-order valence-electron chi connectivity index (χ3n) is 2.55. The van der Waals surface area contributed by atoms with E-state index in [1.807, 2.05) is 6.07 Å². The van der Waals surface area contributed by atoms with Crippen molar-refractivity contribution in [3.8, 4) is 0 Å². The molecule has 0 spiro atoms. The monoisotopic (exact) mass is 207 g/mol. The van der Waals surface area contributed by atoms with Gasteiger partial charge in [-0.3, -0.25) is 0 Å². The topological polar surface area (TPSA) is 47.0 Å². The normalized spacial score (nSPS) is 15.3. The van der Waals surface area contributed by atoms with Crippen LogP contribution >= 0.6 is 0 Å². The lowest BCUT2D eigenvalue weighted by atomic mass is 10.3. The van der Waals surface area contributed by atoms with Crippen LogP contribution in [-0.4, -0.2) is 30.2 Å². The Hall–Kier alpha value is -1.16. The molecule has 4 heteroatoms. The van der Waals surface area contributed by atoms with E-state index in [9.17, 15) is 0 Å². The van der Waals surface area contributed by atoms with Crippen LogP contribution in [-0.2, 0) is 11.2 Å². The van der Waals surface area contributed by atoms with Crippen LogP contribution in [0.15, 0.2) is 12.4 Å². The van der Waals surface area contributed by atoms with E-state index in [0.717, 1.165) is 30.4 Å². The van der Waals surface area contributed by atoms with Crippen LogP contribution in [0.2, 0.25) is 0 Å². The first-order valence-corrected chi connectivity index (χ1v) is 5.42. The van der Waals surface area contributed by atoms with Crippen molar-refractivity contribution in [2.45, 2.75) is 19.3 Å². The quantitative estimate of drug-likeness (QED) is 0.767. The van der Waals surface area contributed by atoms with Crippen LogP contribution in [0.25, 0.3) is 0 Å². The highest BCUT2D eigenvalue weighted by Gasteiger charge is 2.20. The van der Waals surface area contributed by atoms with Gasteiger partial charge in [-0.25, -0.2) is 9.97 Å². The van der Waals surface area contributed by atoms with Crippen LogP contribution in [0.4, 0.5) is 5.82 Å². The lowest BCUT2D eigenvalue weighted by Gasteiger charge is -2.05. The minimum Gasteiger partial charge on any atom is -0.384 e. The fourth-order valence-corrected chi connectivity index (χ4v) is 1.41. The van der Waals surface area contributed by atoms with Crippen molar-refractivity contribution in [3.05, 3.63) is 18.1 Å². The van der Waals surface area contributed by atoms with Crippen molar-refractivity contribution in [1.82, 2.24) is 9.97 Å². The molecule has 0 atom stereocenters. The second-order valence-corrected chi connectivity index (χ2v) is 3.96. The van der Waals surface area contributed by atoms with E-state index in [2.05, 4.69) is 15.3 Å². The van der Waals surface area contributed by atoms with Crippen LogP contribution < -0.4 is 5.32 Å². The van der Waals surface area contributed by atoms with E-state index < -0.39 is 0 Å². The maximum absolute atomic E-state index is 5.01. The van der Waals surface area contributed by atoms with Gasteiger partial charge >= 0.3 is 0 Å². The third kappa shape index (κ3) is 3.47. The van der Waals surface area contributed by atoms with Crippen molar-refractivity contribution in [1.29, 1.82) is 0 Å². The molecule has 1 aromatic heterocycles. The number of ether oxygens (including phenoxy) is 1. The summed E-state index contributed by atoms with van der Waals surface area (Å²) in [6, 6.07) is 2.00. The van der Waals surface area contributed by atoms with E-state index in [4.69, 9.17) is 4.74 Å². The fourth-order valence-electron chi connectivity index (χ4n) is 1.41. The zero-order chi connectivity index (χ0) is 10.5. The van der Waals surface area contributed by atoms with E-state index >= 15 is 0 Å². The number of rotatable bonds is 6. The summed E-state index contributed by atoms with van der Waals surface area (Å²) in [7, 11) is 1.70. The van der Waals surface area contributed by atoms with Crippen molar-refractivity contribution in [2.24, 2.45) is 5.92 Å². The van der Waals surface area contributed by atoms with Crippen LogP contribution in [0.5, 0.6) is 0 Å². The Morgan fingerprint density at radius 1 is 1.47 bits per heavy atom. The fraction of sp³-hybridized carbons (Fsp3) is 0.636. The molecule has 2 rings (SSSR count). The Kier molecular flexibility index (Phi) is 3.50. The maximum Gasteiger partial charge on any atom is 0.129 e. The van der Waals surface area contributed by atoms with Gasteiger partial charge in [0.15, 0.2) is 0 Å². The van der Waals surface area contributed by atoms with E-state index in [1.54, 1.807) is 13.4 Å². The van der Waals surface area contributed by atoms with Crippen LogP contribution in [0, 0.1) is 5.92 Å². The molecule has 82 valence electrons. The molecule has 0 radical (unpaired) electrons. The van der Waals surface area contributed by atoms with Crippen molar-refractivity contribution < 1.29 is 4.74 Å². The molecule has 4 nitrogen and oxygen atoms in total. The summed E-state index contributed by atoms with van der Waals surface area (Å²) in [5.41, 5.74) is 1.03. The summed E-state index contributed by atoms with van der Waals surface area (Å²) in [5, 5.41) is 3.33. The summed E-state index contributed by atoms with van der Waals surface area (Å²) in [4.78, 5) is 8.37. The first-order valence-electron chi connectivity index (χ1n) is 5.42. The molecule has 1 aromatic rings. The maximum atomic E-state index is 5.01. The van der Waals surface area contributed by atoms with E-state index in [0.29, 0.717) is 6.61 Å². The van der Waals surface area contributed by atoms with Gasteiger partial charge in [-0.2, -0.15) is 0 Å².